The molecule has 0 bridgehead atoms. The van der Waals surface area contributed by atoms with Crippen molar-refractivity contribution in [2.24, 2.45) is 7.05 Å². The van der Waals surface area contributed by atoms with Gasteiger partial charge in [-0.15, -0.1) is 11.8 Å². The van der Waals surface area contributed by atoms with Crippen LogP contribution in [0.3, 0.4) is 0 Å². The number of benzene rings is 1. The Labute approximate surface area is 166 Å². The van der Waals surface area contributed by atoms with Gasteiger partial charge in [-0.3, -0.25) is 9.48 Å². The molecule has 5 nitrogen and oxygen atoms in total. The van der Waals surface area contributed by atoms with Crippen LogP contribution in [0, 0.1) is 17.7 Å². The van der Waals surface area contributed by atoms with Crippen molar-refractivity contribution in [2.45, 2.75) is 52.5 Å². The Morgan fingerprint density at radius 1 is 1.32 bits per heavy atom. The van der Waals surface area contributed by atoms with E-state index < -0.39 is 5.82 Å². The third-order valence-corrected chi connectivity index (χ3v) is 4.39. The standard InChI is InChI=1S/C22H28FN3O2/c1-4-6-7-8-9-10-14-28-20-13-11-12-17(21(20)23)16-24-22(27)19-15-18(5-2)25-26(19)3/h11-13,15H,5,7-10,14,16H2,1-3H3,(H,24,27). The van der Waals surface area contributed by atoms with Crippen LogP contribution in [0.4, 0.5) is 4.39 Å². The highest BCUT2D eigenvalue weighted by Crippen LogP contribution is 2.21. The van der Waals surface area contributed by atoms with Gasteiger partial charge in [0.1, 0.15) is 5.69 Å². The highest BCUT2D eigenvalue weighted by atomic mass is 19.1. The van der Waals surface area contributed by atoms with Crippen LogP contribution in [0.1, 0.15) is 61.3 Å². The molecule has 0 saturated carbocycles. The minimum absolute atomic E-state index is 0.0875. The van der Waals surface area contributed by atoms with Crippen LogP contribution in [0.15, 0.2) is 24.3 Å². The summed E-state index contributed by atoms with van der Waals surface area (Å²) in [5.41, 5.74) is 1.69. The van der Waals surface area contributed by atoms with Gasteiger partial charge in [-0.1, -0.05) is 19.1 Å². The zero-order chi connectivity index (χ0) is 20.4. The third-order valence-electron chi connectivity index (χ3n) is 4.39. The Morgan fingerprint density at radius 2 is 2.14 bits per heavy atom. The van der Waals surface area contributed by atoms with Gasteiger partial charge in [-0.2, -0.15) is 5.10 Å². The predicted octanol–water partition coefficient (Wildman–Crippen LogP) is 4.01. The number of hydrogen-bond donors (Lipinski definition) is 1. The molecular weight excluding hydrogens is 357 g/mol. The molecule has 0 aliphatic carbocycles. The molecule has 0 aliphatic heterocycles. The van der Waals surface area contributed by atoms with Gasteiger partial charge in [0.15, 0.2) is 11.6 Å². The average Bonchev–Trinajstić information content (AvgIpc) is 3.08. The number of rotatable bonds is 10. The van der Waals surface area contributed by atoms with Crippen LogP contribution in [-0.2, 0) is 20.0 Å². The van der Waals surface area contributed by atoms with Crippen LogP contribution in [0.2, 0.25) is 0 Å². The SMILES string of the molecule is CC#CCCCCCOc1cccc(CNC(=O)c2cc(CC)nn2C)c1F. The van der Waals surface area contributed by atoms with Crippen molar-refractivity contribution < 1.29 is 13.9 Å². The van der Waals surface area contributed by atoms with Crippen molar-refractivity contribution in [1.29, 1.82) is 0 Å². The second kappa shape index (κ2) is 11.1. The summed E-state index contributed by atoms with van der Waals surface area (Å²) < 4.78 is 21.7. The monoisotopic (exact) mass is 385 g/mol. The van der Waals surface area contributed by atoms with Gasteiger partial charge in [-0.05, 0) is 44.7 Å². The Balaban J connectivity index is 1.86. The third kappa shape index (κ3) is 6.12. The molecule has 150 valence electrons. The molecule has 1 N–H and O–H groups in total. The molecule has 1 amide bonds. The van der Waals surface area contributed by atoms with Gasteiger partial charge in [0.25, 0.3) is 5.91 Å². The van der Waals surface area contributed by atoms with Crippen molar-refractivity contribution in [3.63, 3.8) is 0 Å². The first-order valence-electron chi connectivity index (χ1n) is 9.67. The lowest BCUT2D eigenvalue weighted by molar-refractivity contribution is 0.0941. The molecule has 0 fully saturated rings. The predicted molar refractivity (Wildman–Crippen MR) is 108 cm³/mol. The number of carbonyl (C=O) groups excluding carboxylic acids is 1. The highest BCUT2D eigenvalue weighted by Gasteiger charge is 2.14. The first-order chi connectivity index (χ1) is 13.6. The second-order valence-electron chi connectivity index (χ2n) is 6.50. The summed E-state index contributed by atoms with van der Waals surface area (Å²) in [7, 11) is 1.72. The van der Waals surface area contributed by atoms with Crippen molar-refractivity contribution in [3.8, 4) is 17.6 Å². The summed E-state index contributed by atoms with van der Waals surface area (Å²) in [6.45, 7) is 4.36. The lowest BCUT2D eigenvalue weighted by Gasteiger charge is -2.11. The van der Waals surface area contributed by atoms with Gasteiger partial charge in [0.2, 0.25) is 0 Å². The lowest BCUT2D eigenvalue weighted by Crippen LogP contribution is -2.25. The maximum Gasteiger partial charge on any atom is 0.269 e. The number of halogens is 1. The largest absolute Gasteiger partial charge is 0.491 e. The van der Waals surface area contributed by atoms with Crippen LogP contribution in [0.5, 0.6) is 5.75 Å². The number of nitrogens with one attached hydrogen (secondary N) is 1. The first kappa shape index (κ1) is 21.5. The van der Waals surface area contributed by atoms with Gasteiger partial charge >= 0.3 is 0 Å². The number of unbranched alkanes of at least 4 members (excludes halogenated alkanes) is 3. The van der Waals surface area contributed by atoms with E-state index in [0.717, 1.165) is 37.8 Å². The Hall–Kier alpha value is -2.81. The maximum absolute atomic E-state index is 14.6. The van der Waals surface area contributed by atoms with Crippen LogP contribution < -0.4 is 10.1 Å². The smallest absolute Gasteiger partial charge is 0.269 e. The van der Waals surface area contributed by atoms with Gasteiger partial charge < -0.3 is 10.1 Å². The average molecular weight is 385 g/mol. The topological polar surface area (TPSA) is 56.1 Å². The zero-order valence-electron chi connectivity index (χ0n) is 16.8. The van der Waals surface area contributed by atoms with E-state index in [2.05, 4.69) is 22.3 Å². The van der Waals surface area contributed by atoms with E-state index in [1.54, 1.807) is 31.3 Å². The molecule has 1 aromatic heterocycles. The number of amides is 1. The van der Waals surface area contributed by atoms with Crippen molar-refractivity contribution in [2.75, 3.05) is 6.61 Å². The molecule has 0 spiro atoms. The van der Waals surface area contributed by atoms with Crippen molar-refractivity contribution in [1.82, 2.24) is 15.1 Å². The van der Waals surface area contributed by atoms with E-state index in [9.17, 15) is 9.18 Å². The van der Waals surface area contributed by atoms with Crippen LogP contribution in [0.25, 0.3) is 0 Å². The van der Waals surface area contributed by atoms with E-state index in [1.807, 2.05) is 13.8 Å². The first-order valence-corrected chi connectivity index (χ1v) is 9.67. The second-order valence-corrected chi connectivity index (χ2v) is 6.50. The van der Waals surface area contributed by atoms with E-state index >= 15 is 0 Å². The number of hydrogen-bond acceptors (Lipinski definition) is 3. The van der Waals surface area contributed by atoms with E-state index in [4.69, 9.17) is 4.74 Å². The molecule has 6 heteroatoms. The molecular formula is C22H28FN3O2. The number of nitrogens with zero attached hydrogens (tertiary/aromatic N) is 2. The summed E-state index contributed by atoms with van der Waals surface area (Å²) in [4.78, 5) is 12.3. The fourth-order valence-corrected chi connectivity index (χ4v) is 2.78. The zero-order valence-corrected chi connectivity index (χ0v) is 16.8. The molecule has 0 radical (unpaired) electrons. The van der Waals surface area contributed by atoms with E-state index in [1.165, 1.54) is 4.68 Å². The molecule has 2 aromatic rings. The molecule has 2 rings (SSSR count). The lowest BCUT2D eigenvalue weighted by atomic mass is 10.2. The van der Waals surface area contributed by atoms with E-state index in [0.29, 0.717) is 17.9 Å². The number of aromatic nitrogens is 2. The minimum Gasteiger partial charge on any atom is -0.491 e. The molecule has 28 heavy (non-hydrogen) atoms. The fraction of sp³-hybridized carbons (Fsp3) is 0.455. The van der Waals surface area contributed by atoms with Gasteiger partial charge in [-0.25, -0.2) is 4.39 Å². The summed E-state index contributed by atoms with van der Waals surface area (Å²) in [5.74, 6) is 5.40. The number of carbonyl (C=O) groups is 1. The molecule has 0 saturated heterocycles. The highest BCUT2D eigenvalue weighted by molar-refractivity contribution is 5.92. The molecule has 1 heterocycles. The Kier molecular flexibility index (Phi) is 8.54. The quantitative estimate of drug-likeness (QED) is 0.497. The van der Waals surface area contributed by atoms with Crippen LogP contribution >= 0.6 is 0 Å². The molecule has 0 unspecified atom stereocenters. The summed E-state index contributed by atoms with van der Waals surface area (Å²) >= 11 is 0. The summed E-state index contributed by atoms with van der Waals surface area (Å²) in [6, 6.07) is 6.73. The number of ether oxygens (including phenoxy) is 1. The molecule has 1 aromatic carbocycles. The van der Waals surface area contributed by atoms with Gasteiger partial charge in [0, 0.05) is 25.6 Å². The van der Waals surface area contributed by atoms with Crippen molar-refractivity contribution >= 4 is 5.91 Å². The summed E-state index contributed by atoms with van der Waals surface area (Å²) in [6.07, 6.45) is 4.51. The number of aryl methyl sites for hydroxylation is 2. The normalized spacial score (nSPS) is 10.3. The molecule has 0 aliphatic rings. The maximum atomic E-state index is 14.6. The fourth-order valence-electron chi connectivity index (χ4n) is 2.78. The van der Waals surface area contributed by atoms with Crippen molar-refractivity contribution in [3.05, 3.63) is 47.0 Å². The Bertz CT molecular complexity index is 849. The summed E-state index contributed by atoms with van der Waals surface area (Å²) in [5, 5.41) is 7.01. The minimum atomic E-state index is -0.432. The van der Waals surface area contributed by atoms with Crippen LogP contribution in [-0.4, -0.2) is 22.3 Å². The Morgan fingerprint density at radius 3 is 2.86 bits per heavy atom. The molecule has 0 atom stereocenters. The van der Waals surface area contributed by atoms with E-state index in [-0.39, 0.29) is 18.2 Å². The van der Waals surface area contributed by atoms with Gasteiger partial charge in [0.05, 0.1) is 12.3 Å².